The Morgan fingerprint density at radius 2 is 1.71 bits per heavy atom. The fourth-order valence-corrected chi connectivity index (χ4v) is 5.27. The number of aliphatic hydroxyl groups is 1. The Labute approximate surface area is 197 Å². The molecule has 3 atom stereocenters. The number of fused-ring (bicyclic) bond motifs is 3. The van der Waals surface area contributed by atoms with Crippen molar-refractivity contribution < 1.29 is 29.3 Å². The highest BCUT2D eigenvalue weighted by Gasteiger charge is 2.48. The number of benzene rings is 2. The highest BCUT2D eigenvalue weighted by Crippen LogP contribution is 2.44. The molecular weight excluding hydrogens is 436 g/mol. The molecule has 1 aliphatic heterocycles. The van der Waals surface area contributed by atoms with Crippen LogP contribution in [0.5, 0.6) is 0 Å². The molecule has 2 amide bonds. The highest BCUT2D eigenvalue weighted by atomic mass is 16.5. The SMILES string of the molecule is O=C(NC[C@H]1C[C@H]1C(=O)N1CCCC(O)(C(=O)O)C1)OCC1c2ccccc2-c2ccccc21. The van der Waals surface area contributed by atoms with Gasteiger partial charge in [0, 0.05) is 24.9 Å². The molecule has 178 valence electrons. The number of piperidine rings is 1. The Morgan fingerprint density at radius 1 is 1.06 bits per heavy atom. The van der Waals surface area contributed by atoms with Gasteiger partial charge in [0.2, 0.25) is 5.91 Å². The van der Waals surface area contributed by atoms with Gasteiger partial charge in [-0.1, -0.05) is 48.5 Å². The summed E-state index contributed by atoms with van der Waals surface area (Å²) in [6, 6.07) is 16.3. The van der Waals surface area contributed by atoms with Gasteiger partial charge in [-0.3, -0.25) is 4.79 Å². The van der Waals surface area contributed by atoms with E-state index in [1.54, 1.807) is 0 Å². The van der Waals surface area contributed by atoms with Crippen LogP contribution in [0.2, 0.25) is 0 Å². The van der Waals surface area contributed by atoms with Crippen LogP contribution in [0.1, 0.15) is 36.3 Å². The first-order valence-electron chi connectivity index (χ1n) is 11.7. The third-order valence-corrected chi connectivity index (χ3v) is 7.27. The molecule has 2 aromatic carbocycles. The van der Waals surface area contributed by atoms with Crippen molar-refractivity contribution in [3.8, 4) is 11.1 Å². The normalized spacial score (nSPS) is 25.3. The van der Waals surface area contributed by atoms with Gasteiger partial charge in [0.25, 0.3) is 0 Å². The molecule has 2 fully saturated rings. The van der Waals surface area contributed by atoms with E-state index in [0.717, 1.165) is 11.1 Å². The van der Waals surface area contributed by atoms with Gasteiger partial charge in [0.05, 0.1) is 6.54 Å². The minimum atomic E-state index is -1.88. The number of carboxylic acid groups (broad SMARTS) is 1. The third-order valence-electron chi connectivity index (χ3n) is 7.27. The summed E-state index contributed by atoms with van der Waals surface area (Å²) in [6.07, 6.45) is 0.705. The molecule has 0 bridgehead atoms. The van der Waals surface area contributed by atoms with Gasteiger partial charge in [-0.15, -0.1) is 0 Å². The molecular formula is C26H28N2O6. The molecule has 1 saturated carbocycles. The summed E-state index contributed by atoms with van der Waals surface area (Å²) in [5.41, 5.74) is 2.75. The smallest absolute Gasteiger partial charge is 0.407 e. The summed E-state index contributed by atoms with van der Waals surface area (Å²) in [7, 11) is 0. The fourth-order valence-electron chi connectivity index (χ4n) is 5.27. The van der Waals surface area contributed by atoms with Crippen LogP contribution in [0.15, 0.2) is 48.5 Å². The Bertz CT molecular complexity index is 1090. The lowest BCUT2D eigenvalue weighted by Crippen LogP contribution is -2.55. The van der Waals surface area contributed by atoms with Gasteiger partial charge in [0.1, 0.15) is 6.61 Å². The number of nitrogens with zero attached hydrogens (tertiary/aromatic N) is 1. The molecule has 1 unspecified atom stereocenters. The number of carboxylic acids is 1. The number of nitrogens with one attached hydrogen (secondary N) is 1. The van der Waals surface area contributed by atoms with Crippen LogP contribution in [0, 0.1) is 11.8 Å². The molecule has 3 aliphatic rings. The lowest BCUT2D eigenvalue weighted by Gasteiger charge is -2.36. The minimum Gasteiger partial charge on any atom is -0.479 e. The molecule has 0 radical (unpaired) electrons. The maximum atomic E-state index is 12.7. The van der Waals surface area contributed by atoms with Crippen LogP contribution in [-0.4, -0.2) is 64.9 Å². The van der Waals surface area contributed by atoms with Gasteiger partial charge in [-0.05, 0) is 47.4 Å². The number of ether oxygens (including phenoxy) is 1. The Balaban J connectivity index is 1.11. The summed E-state index contributed by atoms with van der Waals surface area (Å²) in [5.74, 6) is -1.73. The van der Waals surface area contributed by atoms with Crippen molar-refractivity contribution >= 4 is 18.0 Å². The van der Waals surface area contributed by atoms with E-state index in [2.05, 4.69) is 29.6 Å². The van der Waals surface area contributed by atoms with Crippen molar-refractivity contribution in [1.82, 2.24) is 10.2 Å². The third kappa shape index (κ3) is 4.14. The van der Waals surface area contributed by atoms with E-state index in [1.165, 1.54) is 16.0 Å². The number of hydrogen-bond donors (Lipinski definition) is 3. The Hall–Kier alpha value is -3.39. The van der Waals surface area contributed by atoms with Crippen molar-refractivity contribution in [3.63, 3.8) is 0 Å². The van der Waals surface area contributed by atoms with Crippen molar-refractivity contribution in [1.29, 1.82) is 0 Å². The first-order valence-corrected chi connectivity index (χ1v) is 11.7. The number of alkyl carbamates (subject to hydrolysis) is 1. The van der Waals surface area contributed by atoms with E-state index in [1.807, 2.05) is 24.3 Å². The first kappa shape index (κ1) is 22.4. The van der Waals surface area contributed by atoms with Gasteiger partial charge in [-0.25, -0.2) is 9.59 Å². The van der Waals surface area contributed by atoms with Crippen LogP contribution in [0.25, 0.3) is 11.1 Å². The topological polar surface area (TPSA) is 116 Å². The number of likely N-dealkylation sites (tertiary alicyclic amines) is 1. The van der Waals surface area contributed by atoms with Gasteiger partial charge in [0.15, 0.2) is 5.60 Å². The fraction of sp³-hybridized carbons (Fsp3) is 0.423. The van der Waals surface area contributed by atoms with Crippen molar-refractivity contribution in [2.45, 2.75) is 30.8 Å². The molecule has 34 heavy (non-hydrogen) atoms. The molecule has 1 saturated heterocycles. The van der Waals surface area contributed by atoms with E-state index in [0.29, 0.717) is 25.9 Å². The second kappa shape index (κ2) is 8.76. The Kier molecular flexibility index (Phi) is 5.77. The van der Waals surface area contributed by atoms with Crippen LogP contribution < -0.4 is 5.32 Å². The maximum Gasteiger partial charge on any atom is 0.407 e. The van der Waals surface area contributed by atoms with Crippen molar-refractivity contribution in [2.75, 3.05) is 26.2 Å². The van der Waals surface area contributed by atoms with E-state index >= 15 is 0 Å². The van der Waals surface area contributed by atoms with Crippen LogP contribution in [-0.2, 0) is 14.3 Å². The van der Waals surface area contributed by atoms with Gasteiger partial charge >= 0.3 is 12.1 Å². The standard InChI is InChI=1S/C26H28N2O6/c29-23(28-11-5-10-26(33,15-28)24(30)31)21-12-16(21)13-27-25(32)34-14-22-19-8-3-1-6-17(19)18-7-2-4-9-20(18)22/h1-4,6-9,16,21-22,33H,5,10-15H2,(H,27,32)(H,30,31)/t16-,21-,26?/m1/s1. The zero-order valence-electron chi connectivity index (χ0n) is 18.8. The van der Waals surface area contributed by atoms with Crippen LogP contribution in [0.3, 0.4) is 0 Å². The van der Waals surface area contributed by atoms with Crippen molar-refractivity contribution in [2.24, 2.45) is 11.8 Å². The lowest BCUT2D eigenvalue weighted by molar-refractivity contribution is -0.166. The number of carbonyl (C=O) groups is 3. The van der Waals surface area contributed by atoms with Crippen LogP contribution >= 0.6 is 0 Å². The van der Waals surface area contributed by atoms with E-state index in [4.69, 9.17) is 4.74 Å². The predicted molar refractivity (Wildman–Crippen MR) is 123 cm³/mol. The van der Waals surface area contributed by atoms with Crippen molar-refractivity contribution in [3.05, 3.63) is 59.7 Å². The van der Waals surface area contributed by atoms with Crippen LogP contribution in [0.4, 0.5) is 4.79 Å². The first-order chi connectivity index (χ1) is 16.4. The number of aliphatic carboxylic acids is 1. The van der Waals surface area contributed by atoms with Gasteiger partial charge < -0.3 is 25.2 Å². The summed E-state index contributed by atoms with van der Waals surface area (Å²) < 4.78 is 5.54. The van der Waals surface area contributed by atoms with E-state index < -0.39 is 17.7 Å². The lowest BCUT2D eigenvalue weighted by atomic mass is 9.92. The summed E-state index contributed by atoms with van der Waals surface area (Å²) in [4.78, 5) is 37.9. The zero-order valence-corrected chi connectivity index (χ0v) is 18.8. The maximum absolute atomic E-state index is 12.7. The number of β-amino-alcohol motifs (C(OH)–C–C–N with tert-alkyl or cyclic N) is 1. The molecule has 8 heteroatoms. The molecule has 1 heterocycles. The average molecular weight is 465 g/mol. The minimum absolute atomic E-state index is 0.00664. The second-order valence-electron chi connectivity index (χ2n) is 9.51. The molecule has 2 aliphatic carbocycles. The summed E-state index contributed by atoms with van der Waals surface area (Å²) in [5, 5.41) is 22.2. The molecule has 8 nitrogen and oxygen atoms in total. The summed E-state index contributed by atoms with van der Waals surface area (Å²) in [6.45, 7) is 0.806. The number of carbonyl (C=O) groups excluding carboxylic acids is 2. The molecule has 0 spiro atoms. The van der Waals surface area contributed by atoms with E-state index in [-0.39, 0.29) is 43.2 Å². The second-order valence-corrected chi connectivity index (χ2v) is 9.51. The highest BCUT2D eigenvalue weighted by molar-refractivity contribution is 5.84. The molecule has 0 aromatic heterocycles. The zero-order chi connectivity index (χ0) is 23.9. The molecule has 2 aromatic rings. The largest absolute Gasteiger partial charge is 0.479 e. The van der Waals surface area contributed by atoms with E-state index in [9.17, 15) is 24.6 Å². The number of amides is 2. The average Bonchev–Trinajstić information content (AvgIpc) is 3.55. The predicted octanol–water partition coefficient (Wildman–Crippen LogP) is 2.60. The molecule has 3 N–H and O–H groups in total. The quantitative estimate of drug-likeness (QED) is 0.605. The number of hydrogen-bond acceptors (Lipinski definition) is 5. The monoisotopic (exact) mass is 464 g/mol. The Morgan fingerprint density at radius 3 is 2.35 bits per heavy atom. The molecule has 5 rings (SSSR count). The van der Waals surface area contributed by atoms with Gasteiger partial charge in [-0.2, -0.15) is 0 Å². The summed E-state index contributed by atoms with van der Waals surface area (Å²) >= 11 is 0. The number of rotatable bonds is 6.